The Morgan fingerprint density at radius 3 is 1.63 bits per heavy atom. The van der Waals surface area contributed by atoms with E-state index in [9.17, 15) is 0 Å². The molecule has 63 heavy (non-hydrogen) atoms. The van der Waals surface area contributed by atoms with Crippen LogP contribution in [0.1, 0.15) is 0 Å². The highest BCUT2D eigenvalue weighted by atomic mass is 32.1. The average Bonchev–Trinajstić information content (AvgIpc) is 4.02. The van der Waals surface area contributed by atoms with Crippen molar-refractivity contribution in [2.45, 2.75) is 0 Å². The average molecular weight is 822 g/mol. The van der Waals surface area contributed by atoms with E-state index in [1.165, 1.54) is 64.0 Å². The first kappa shape index (κ1) is 35.6. The van der Waals surface area contributed by atoms with Gasteiger partial charge < -0.3 is 9.13 Å². The van der Waals surface area contributed by atoms with Crippen molar-refractivity contribution in [3.05, 3.63) is 212 Å². The molecule has 13 aromatic rings. The van der Waals surface area contributed by atoms with Crippen LogP contribution in [0.4, 0.5) is 0 Å². The topological polar surface area (TPSA) is 48.5 Å². The number of fused-ring (bicyclic) bond motifs is 10. The van der Waals surface area contributed by atoms with Gasteiger partial charge in [-0.15, -0.1) is 11.3 Å². The van der Waals surface area contributed by atoms with E-state index in [2.05, 4.69) is 185 Å². The summed E-state index contributed by atoms with van der Waals surface area (Å²) in [7, 11) is 0. The van der Waals surface area contributed by atoms with Crippen molar-refractivity contribution in [3.8, 4) is 56.7 Å². The first-order valence-electron chi connectivity index (χ1n) is 21.2. The van der Waals surface area contributed by atoms with Crippen molar-refractivity contribution in [1.82, 2.24) is 24.1 Å². The minimum Gasteiger partial charge on any atom is -0.309 e. The van der Waals surface area contributed by atoms with Crippen molar-refractivity contribution in [1.29, 1.82) is 0 Å². The summed E-state index contributed by atoms with van der Waals surface area (Å²) in [5, 5.41) is 7.26. The molecule has 13 rings (SSSR count). The molecule has 0 saturated heterocycles. The van der Waals surface area contributed by atoms with Gasteiger partial charge in [-0.1, -0.05) is 152 Å². The molecule has 294 valence electrons. The molecule has 0 spiro atoms. The van der Waals surface area contributed by atoms with Gasteiger partial charge in [0.25, 0.3) is 0 Å². The molecule has 5 nitrogen and oxygen atoms in total. The quantitative estimate of drug-likeness (QED) is 0.168. The normalized spacial score (nSPS) is 11.8. The van der Waals surface area contributed by atoms with E-state index in [4.69, 9.17) is 15.0 Å². The van der Waals surface area contributed by atoms with Gasteiger partial charge in [-0.2, -0.15) is 0 Å². The van der Waals surface area contributed by atoms with E-state index in [1.807, 2.05) is 47.7 Å². The second-order valence-electron chi connectivity index (χ2n) is 16.0. The lowest BCUT2D eigenvalue weighted by atomic mass is 10.0. The van der Waals surface area contributed by atoms with Crippen LogP contribution >= 0.6 is 11.3 Å². The van der Waals surface area contributed by atoms with Gasteiger partial charge in [0.2, 0.25) is 0 Å². The first-order chi connectivity index (χ1) is 31.2. The van der Waals surface area contributed by atoms with Gasteiger partial charge >= 0.3 is 0 Å². The Hall–Kier alpha value is -8.19. The fourth-order valence-electron chi connectivity index (χ4n) is 9.55. The molecular weight excluding hydrogens is 787 g/mol. The number of nitrogens with zero attached hydrogens (tertiary/aromatic N) is 5. The minimum atomic E-state index is 0.629. The smallest absolute Gasteiger partial charge is 0.166 e. The molecule has 6 heteroatoms. The molecule has 4 aromatic heterocycles. The van der Waals surface area contributed by atoms with Crippen LogP contribution in [0.25, 0.3) is 120 Å². The molecule has 0 N–H and O–H groups in total. The van der Waals surface area contributed by atoms with Gasteiger partial charge in [-0.05, 0) is 71.8 Å². The molecule has 0 saturated carbocycles. The van der Waals surface area contributed by atoms with Gasteiger partial charge in [0, 0.05) is 69.8 Å². The third-order valence-corrected chi connectivity index (χ3v) is 13.5. The Kier molecular flexibility index (Phi) is 8.01. The monoisotopic (exact) mass is 821 g/mol. The second-order valence-corrected chi connectivity index (χ2v) is 17.1. The van der Waals surface area contributed by atoms with Crippen LogP contribution in [0.15, 0.2) is 212 Å². The Morgan fingerprint density at radius 1 is 0.317 bits per heavy atom. The fourth-order valence-corrected chi connectivity index (χ4v) is 10.6. The van der Waals surface area contributed by atoms with E-state index in [-0.39, 0.29) is 0 Å². The molecule has 0 amide bonds. The van der Waals surface area contributed by atoms with Crippen molar-refractivity contribution < 1.29 is 0 Å². The number of aromatic nitrogens is 5. The molecule has 9 aromatic carbocycles. The highest BCUT2D eigenvalue weighted by Gasteiger charge is 2.23. The molecule has 0 bridgehead atoms. The van der Waals surface area contributed by atoms with Crippen molar-refractivity contribution in [2.24, 2.45) is 0 Å². The van der Waals surface area contributed by atoms with E-state index >= 15 is 0 Å². The number of para-hydroxylation sites is 3. The maximum Gasteiger partial charge on any atom is 0.166 e. The molecule has 0 radical (unpaired) electrons. The van der Waals surface area contributed by atoms with Crippen LogP contribution in [-0.2, 0) is 0 Å². The van der Waals surface area contributed by atoms with Crippen LogP contribution in [0, 0.1) is 0 Å². The summed E-state index contributed by atoms with van der Waals surface area (Å²) in [6, 6.07) is 75.6. The van der Waals surface area contributed by atoms with E-state index in [0.717, 1.165) is 39.0 Å². The summed E-state index contributed by atoms with van der Waals surface area (Å²) in [5.41, 5.74) is 12.1. The maximum atomic E-state index is 5.23. The van der Waals surface area contributed by atoms with E-state index in [1.54, 1.807) is 0 Å². The predicted molar refractivity (Wildman–Crippen MR) is 263 cm³/mol. The van der Waals surface area contributed by atoms with Crippen LogP contribution in [-0.4, -0.2) is 24.1 Å². The van der Waals surface area contributed by atoms with Crippen molar-refractivity contribution >= 4 is 75.1 Å². The van der Waals surface area contributed by atoms with Crippen LogP contribution < -0.4 is 0 Å². The number of rotatable bonds is 6. The molecule has 0 unspecified atom stereocenters. The SMILES string of the molecule is c1ccc(-c2ccc3c(c2)c2ccccc2n3-c2ccc3sc4ccc5c6cccc(-c7nc(-c8ccccc8)nc(-c8ccccc8)n7)c6n(-c6ccccc6)c5c4c3c2)cc1. The summed E-state index contributed by atoms with van der Waals surface area (Å²) in [5.74, 6) is 1.90. The number of hydrogen-bond donors (Lipinski definition) is 0. The predicted octanol–water partition coefficient (Wildman–Crippen LogP) is 15.1. The summed E-state index contributed by atoms with van der Waals surface area (Å²) < 4.78 is 7.36. The zero-order valence-electron chi connectivity index (χ0n) is 33.9. The zero-order valence-corrected chi connectivity index (χ0v) is 34.7. The van der Waals surface area contributed by atoms with E-state index < -0.39 is 0 Å². The van der Waals surface area contributed by atoms with Gasteiger partial charge in [-0.3, -0.25) is 0 Å². The molecule has 0 aliphatic carbocycles. The molecule has 0 aliphatic heterocycles. The Morgan fingerprint density at radius 2 is 0.905 bits per heavy atom. The Bertz CT molecular complexity index is 3830. The van der Waals surface area contributed by atoms with Gasteiger partial charge in [-0.25, -0.2) is 15.0 Å². The van der Waals surface area contributed by atoms with Gasteiger partial charge in [0.1, 0.15) is 0 Å². The third-order valence-electron chi connectivity index (χ3n) is 12.4. The van der Waals surface area contributed by atoms with Gasteiger partial charge in [0.15, 0.2) is 17.5 Å². The number of benzene rings is 9. The lowest BCUT2D eigenvalue weighted by Crippen LogP contribution is -2.02. The number of thiophene rings is 1. The summed E-state index contributed by atoms with van der Waals surface area (Å²) in [4.78, 5) is 15.5. The summed E-state index contributed by atoms with van der Waals surface area (Å²) >= 11 is 1.85. The first-order valence-corrected chi connectivity index (χ1v) is 22.0. The van der Waals surface area contributed by atoms with Crippen LogP contribution in [0.2, 0.25) is 0 Å². The highest BCUT2D eigenvalue weighted by molar-refractivity contribution is 7.26. The number of hydrogen-bond acceptors (Lipinski definition) is 4. The fraction of sp³-hybridized carbons (Fsp3) is 0. The maximum absolute atomic E-state index is 5.23. The van der Waals surface area contributed by atoms with Crippen LogP contribution in [0.3, 0.4) is 0 Å². The molecule has 4 heterocycles. The Balaban J connectivity index is 1.09. The van der Waals surface area contributed by atoms with Crippen molar-refractivity contribution in [3.63, 3.8) is 0 Å². The largest absolute Gasteiger partial charge is 0.309 e. The Labute approximate surface area is 366 Å². The van der Waals surface area contributed by atoms with Crippen molar-refractivity contribution in [2.75, 3.05) is 0 Å². The summed E-state index contributed by atoms with van der Waals surface area (Å²) in [6.45, 7) is 0. The van der Waals surface area contributed by atoms with Crippen LogP contribution in [0.5, 0.6) is 0 Å². The standard InChI is InChI=1S/C57H35N5S/c1-5-16-36(17-6-1)39-28-31-49-46(34-39)42-24-13-14-27-48(42)61(49)41-29-32-50-47(35-41)52-51(63-50)33-30-44-43-25-15-26-45(53(43)62(54(44)52)40-22-11-4-12-23-40)57-59-55(37-18-7-2-8-19-37)58-56(60-57)38-20-9-3-10-21-38/h1-35H. The molecule has 0 aliphatic rings. The summed E-state index contributed by atoms with van der Waals surface area (Å²) in [6.07, 6.45) is 0. The highest BCUT2D eigenvalue weighted by Crippen LogP contribution is 2.46. The zero-order chi connectivity index (χ0) is 41.4. The second kappa shape index (κ2) is 14.2. The minimum absolute atomic E-state index is 0.629. The lowest BCUT2D eigenvalue weighted by molar-refractivity contribution is 1.07. The molecule has 0 atom stereocenters. The van der Waals surface area contributed by atoms with E-state index in [0.29, 0.717) is 17.5 Å². The molecular formula is C57H35N5S. The lowest BCUT2D eigenvalue weighted by Gasteiger charge is -2.13. The third kappa shape index (κ3) is 5.66. The molecule has 0 fully saturated rings. The van der Waals surface area contributed by atoms with Gasteiger partial charge in [0.05, 0.1) is 22.1 Å².